The van der Waals surface area contributed by atoms with Crippen molar-refractivity contribution in [2.45, 2.75) is 67.3 Å². The number of carboxylic acids is 2. The Labute approximate surface area is 156 Å². The van der Waals surface area contributed by atoms with E-state index < -0.39 is 85.9 Å². The van der Waals surface area contributed by atoms with Crippen LogP contribution in [0, 0.1) is 0 Å². The van der Waals surface area contributed by atoms with Crippen LogP contribution < -0.4 is 0 Å². The number of ether oxygens (including phenoxy) is 3. The van der Waals surface area contributed by atoms with Gasteiger partial charge in [-0.15, -0.1) is 0 Å². The van der Waals surface area contributed by atoms with Crippen molar-refractivity contribution in [1.82, 2.24) is 0 Å². The molecule has 2 aliphatic heterocycles. The SMILES string of the molecule is O=C(O)[C@H]1O[C@H](O[C@@H]2C[C@](O)(C(=O)O)O[C@H]([C@H](O)CO)[C@@H]2O)[C@H](O)[C@@H](O)[C@@H]1O. The summed E-state index contributed by atoms with van der Waals surface area (Å²) in [7, 11) is 0. The number of carbonyl (C=O) groups is 2. The Kier molecular flexibility index (Phi) is 6.93. The van der Waals surface area contributed by atoms with Crippen molar-refractivity contribution in [3.63, 3.8) is 0 Å². The fourth-order valence-corrected chi connectivity index (χ4v) is 2.96. The molecule has 2 heterocycles. The molecule has 28 heavy (non-hydrogen) atoms. The summed E-state index contributed by atoms with van der Waals surface area (Å²) in [5, 5.41) is 86.6. The van der Waals surface area contributed by atoms with Crippen LogP contribution in [0.1, 0.15) is 6.42 Å². The number of aliphatic hydroxyl groups is 7. The van der Waals surface area contributed by atoms with Gasteiger partial charge < -0.3 is 60.2 Å². The second-order valence-corrected chi connectivity index (χ2v) is 6.53. The number of aliphatic hydroxyl groups excluding tert-OH is 6. The van der Waals surface area contributed by atoms with Crippen molar-refractivity contribution in [2.75, 3.05) is 6.61 Å². The Morgan fingerprint density at radius 1 is 1.07 bits per heavy atom. The largest absolute Gasteiger partial charge is 0.479 e. The first-order chi connectivity index (χ1) is 12.9. The van der Waals surface area contributed by atoms with Crippen molar-refractivity contribution in [3.05, 3.63) is 0 Å². The first-order valence-electron chi connectivity index (χ1n) is 8.11. The van der Waals surface area contributed by atoms with Crippen LogP contribution >= 0.6 is 0 Å². The zero-order chi connectivity index (χ0) is 21.4. The lowest BCUT2D eigenvalue weighted by molar-refractivity contribution is -0.351. The van der Waals surface area contributed by atoms with Crippen molar-refractivity contribution in [1.29, 1.82) is 0 Å². The summed E-state index contributed by atoms with van der Waals surface area (Å²) in [6, 6.07) is 0. The van der Waals surface area contributed by atoms with Gasteiger partial charge in [-0.25, -0.2) is 9.59 Å². The zero-order valence-electron chi connectivity index (χ0n) is 14.2. The average molecular weight is 414 g/mol. The van der Waals surface area contributed by atoms with Gasteiger partial charge in [0.1, 0.15) is 36.6 Å². The van der Waals surface area contributed by atoms with E-state index in [2.05, 4.69) is 0 Å². The van der Waals surface area contributed by atoms with E-state index in [0.29, 0.717) is 0 Å². The minimum atomic E-state index is -2.96. The third-order valence-corrected chi connectivity index (χ3v) is 4.55. The molecule has 0 aromatic rings. The van der Waals surface area contributed by atoms with Crippen LogP contribution in [-0.4, -0.2) is 125 Å². The van der Waals surface area contributed by atoms with Gasteiger partial charge in [-0.1, -0.05) is 0 Å². The molecule has 0 saturated carbocycles. The van der Waals surface area contributed by atoms with Gasteiger partial charge in [-0.3, -0.25) is 0 Å². The highest BCUT2D eigenvalue weighted by molar-refractivity contribution is 5.75. The predicted molar refractivity (Wildman–Crippen MR) is 80.4 cm³/mol. The van der Waals surface area contributed by atoms with E-state index in [1.54, 1.807) is 0 Å². The lowest BCUT2D eigenvalue weighted by Crippen LogP contribution is -2.65. The van der Waals surface area contributed by atoms with Gasteiger partial charge in [0.15, 0.2) is 12.4 Å². The van der Waals surface area contributed by atoms with Crippen molar-refractivity contribution in [2.24, 2.45) is 0 Å². The van der Waals surface area contributed by atoms with E-state index in [-0.39, 0.29) is 0 Å². The molecule has 2 rings (SSSR count). The van der Waals surface area contributed by atoms with Gasteiger partial charge in [0.25, 0.3) is 5.79 Å². The Hall–Kier alpha value is -1.46. The maximum absolute atomic E-state index is 11.3. The van der Waals surface area contributed by atoms with E-state index in [1.807, 2.05) is 0 Å². The molecule has 162 valence electrons. The number of hydrogen-bond donors (Lipinski definition) is 9. The van der Waals surface area contributed by atoms with Gasteiger partial charge in [0, 0.05) is 6.42 Å². The molecule has 0 bridgehead atoms. The molecule has 0 radical (unpaired) electrons. The molecule has 2 fully saturated rings. The highest BCUT2D eigenvalue weighted by Gasteiger charge is 2.55. The number of carboxylic acid groups (broad SMARTS) is 2. The standard InChI is InChI=1S/C14H22O14/c15-2-3(16)9-5(17)4(1-14(25,28-9)13(23)24)26-12-8(20)6(18)7(19)10(27-12)11(21)22/h3-10,12,15-20,25H,1-2H2,(H,21,22)(H,23,24)/t3-,4-,5-,6+,7+,8-,9-,10+,12+,14-/m1/s1. The molecule has 0 aromatic heterocycles. The fourth-order valence-electron chi connectivity index (χ4n) is 2.96. The number of hydrogen-bond acceptors (Lipinski definition) is 12. The highest BCUT2D eigenvalue weighted by atomic mass is 16.7. The first-order valence-corrected chi connectivity index (χ1v) is 8.11. The normalized spacial score (nSPS) is 45.4. The molecule has 14 heteroatoms. The quantitative estimate of drug-likeness (QED) is 0.197. The van der Waals surface area contributed by atoms with Crippen molar-refractivity contribution in [3.8, 4) is 0 Å². The predicted octanol–water partition coefficient (Wildman–Crippen LogP) is -5.46. The smallest absolute Gasteiger partial charge is 0.364 e. The van der Waals surface area contributed by atoms with Gasteiger partial charge in [0.2, 0.25) is 0 Å². The fraction of sp³-hybridized carbons (Fsp3) is 0.857. The molecule has 10 atom stereocenters. The maximum Gasteiger partial charge on any atom is 0.364 e. The average Bonchev–Trinajstić information content (AvgIpc) is 2.63. The van der Waals surface area contributed by atoms with Crippen LogP contribution in [0.2, 0.25) is 0 Å². The van der Waals surface area contributed by atoms with Crippen LogP contribution in [0.5, 0.6) is 0 Å². The zero-order valence-corrected chi connectivity index (χ0v) is 14.2. The maximum atomic E-state index is 11.3. The molecule has 0 unspecified atom stereocenters. The van der Waals surface area contributed by atoms with Crippen LogP contribution in [0.15, 0.2) is 0 Å². The van der Waals surface area contributed by atoms with Gasteiger partial charge >= 0.3 is 11.9 Å². The Balaban J connectivity index is 2.26. The summed E-state index contributed by atoms with van der Waals surface area (Å²) in [5.41, 5.74) is 0. The third kappa shape index (κ3) is 4.25. The first kappa shape index (κ1) is 22.8. The Morgan fingerprint density at radius 2 is 1.68 bits per heavy atom. The molecule has 0 amide bonds. The second-order valence-electron chi connectivity index (χ2n) is 6.53. The van der Waals surface area contributed by atoms with E-state index in [9.17, 15) is 40.2 Å². The minimum Gasteiger partial charge on any atom is -0.479 e. The second kappa shape index (κ2) is 8.50. The van der Waals surface area contributed by atoms with E-state index in [4.69, 9.17) is 29.5 Å². The third-order valence-electron chi connectivity index (χ3n) is 4.55. The van der Waals surface area contributed by atoms with E-state index in [1.165, 1.54) is 0 Å². The molecule has 2 aliphatic rings. The number of aliphatic carboxylic acids is 2. The van der Waals surface area contributed by atoms with Gasteiger partial charge in [0.05, 0.1) is 12.7 Å². The van der Waals surface area contributed by atoms with Crippen LogP contribution in [0.4, 0.5) is 0 Å². The highest BCUT2D eigenvalue weighted by Crippen LogP contribution is 2.33. The molecular weight excluding hydrogens is 392 g/mol. The topological polar surface area (TPSA) is 244 Å². The Bertz CT molecular complexity index is 584. The van der Waals surface area contributed by atoms with Gasteiger partial charge in [-0.05, 0) is 0 Å². The molecule has 9 N–H and O–H groups in total. The van der Waals surface area contributed by atoms with Crippen LogP contribution in [-0.2, 0) is 23.8 Å². The van der Waals surface area contributed by atoms with E-state index in [0.717, 1.165) is 0 Å². The monoisotopic (exact) mass is 414 g/mol. The molecular formula is C14H22O14. The van der Waals surface area contributed by atoms with Crippen LogP contribution in [0.25, 0.3) is 0 Å². The van der Waals surface area contributed by atoms with E-state index >= 15 is 0 Å². The number of rotatable bonds is 6. The lowest BCUT2D eigenvalue weighted by atomic mass is 9.92. The molecule has 0 aliphatic carbocycles. The lowest BCUT2D eigenvalue weighted by Gasteiger charge is -2.46. The van der Waals surface area contributed by atoms with Crippen molar-refractivity contribution < 1.29 is 69.8 Å². The molecule has 0 aromatic carbocycles. The summed E-state index contributed by atoms with van der Waals surface area (Å²) in [6.45, 7) is -0.974. The summed E-state index contributed by atoms with van der Waals surface area (Å²) < 4.78 is 14.8. The summed E-state index contributed by atoms with van der Waals surface area (Å²) in [6.07, 6.45) is -18.2. The summed E-state index contributed by atoms with van der Waals surface area (Å²) in [4.78, 5) is 22.4. The molecule has 2 saturated heterocycles. The Morgan fingerprint density at radius 3 is 2.18 bits per heavy atom. The summed E-state index contributed by atoms with van der Waals surface area (Å²) >= 11 is 0. The minimum absolute atomic E-state index is 0.943. The summed E-state index contributed by atoms with van der Waals surface area (Å²) in [5.74, 6) is -6.57. The molecule has 0 spiro atoms. The van der Waals surface area contributed by atoms with Crippen LogP contribution in [0.3, 0.4) is 0 Å². The molecule has 14 nitrogen and oxygen atoms in total. The van der Waals surface area contributed by atoms with Crippen molar-refractivity contribution >= 4 is 11.9 Å². The van der Waals surface area contributed by atoms with Gasteiger partial charge in [-0.2, -0.15) is 0 Å².